The molecule has 2 aromatic rings. The Labute approximate surface area is 125 Å². The number of rotatable bonds is 4. The van der Waals surface area contributed by atoms with Crippen molar-refractivity contribution in [2.75, 3.05) is 6.54 Å². The lowest BCUT2D eigenvalue weighted by molar-refractivity contribution is 0.445. The summed E-state index contributed by atoms with van der Waals surface area (Å²) in [6.07, 6.45) is 3.83. The highest BCUT2D eigenvalue weighted by Crippen LogP contribution is 2.45. The third-order valence-electron chi connectivity index (χ3n) is 4.61. The van der Waals surface area contributed by atoms with Crippen molar-refractivity contribution in [2.24, 2.45) is 7.05 Å². The lowest BCUT2D eigenvalue weighted by atomic mass is 9.97. The molecule has 112 valence electrons. The molecule has 2 N–H and O–H groups in total. The summed E-state index contributed by atoms with van der Waals surface area (Å²) in [5.74, 6) is 0.930. The van der Waals surface area contributed by atoms with Crippen LogP contribution in [0.5, 0.6) is 5.75 Å². The van der Waals surface area contributed by atoms with Crippen molar-refractivity contribution in [1.29, 1.82) is 0 Å². The lowest BCUT2D eigenvalue weighted by Gasteiger charge is -2.16. The molecular weight excluding hydrogens is 262 g/mol. The van der Waals surface area contributed by atoms with E-state index in [1.165, 1.54) is 16.8 Å². The Balaban J connectivity index is 1.72. The zero-order valence-corrected chi connectivity index (χ0v) is 12.9. The van der Waals surface area contributed by atoms with Gasteiger partial charge < -0.3 is 10.4 Å². The van der Waals surface area contributed by atoms with Gasteiger partial charge in [0.05, 0.1) is 0 Å². The van der Waals surface area contributed by atoms with E-state index in [2.05, 4.69) is 30.3 Å². The minimum Gasteiger partial charge on any atom is -0.508 e. The predicted octanol–water partition coefficient (Wildman–Crippen LogP) is 2.81. The maximum atomic E-state index is 10.2. The summed E-state index contributed by atoms with van der Waals surface area (Å²) in [7, 11) is 1.97. The van der Waals surface area contributed by atoms with Crippen LogP contribution in [0.3, 0.4) is 0 Å². The smallest absolute Gasteiger partial charge is 0.120 e. The van der Waals surface area contributed by atoms with E-state index in [1.54, 1.807) is 0 Å². The molecule has 0 aliphatic heterocycles. The molecule has 1 heterocycles. The molecule has 0 amide bonds. The summed E-state index contributed by atoms with van der Waals surface area (Å²) in [6.45, 7) is 5.27. The second-order valence-corrected chi connectivity index (χ2v) is 6.07. The van der Waals surface area contributed by atoms with Gasteiger partial charge in [-0.05, 0) is 42.5 Å². The number of aromatic nitrogens is 2. The molecule has 3 rings (SSSR count). The Bertz CT molecular complexity index is 647. The molecule has 0 saturated heterocycles. The highest BCUT2D eigenvalue weighted by molar-refractivity contribution is 5.50. The van der Waals surface area contributed by atoms with Crippen LogP contribution in [0.1, 0.15) is 47.7 Å². The molecule has 0 saturated carbocycles. The molecular formula is C17H23N3O. The molecule has 1 aliphatic rings. The maximum absolute atomic E-state index is 10.2. The van der Waals surface area contributed by atoms with Crippen LogP contribution in [0.2, 0.25) is 0 Å². The summed E-state index contributed by atoms with van der Waals surface area (Å²) >= 11 is 0. The van der Waals surface area contributed by atoms with Crippen LogP contribution in [-0.4, -0.2) is 21.4 Å². The van der Waals surface area contributed by atoms with Crippen molar-refractivity contribution in [3.8, 4) is 5.75 Å². The van der Waals surface area contributed by atoms with E-state index in [9.17, 15) is 5.11 Å². The van der Waals surface area contributed by atoms with Gasteiger partial charge in [-0.2, -0.15) is 5.10 Å². The van der Waals surface area contributed by atoms with E-state index >= 15 is 0 Å². The molecule has 1 aromatic carbocycles. The van der Waals surface area contributed by atoms with Crippen molar-refractivity contribution < 1.29 is 5.11 Å². The first-order valence-corrected chi connectivity index (χ1v) is 7.60. The fourth-order valence-electron chi connectivity index (χ4n) is 3.55. The van der Waals surface area contributed by atoms with E-state index in [-0.39, 0.29) is 6.04 Å². The predicted molar refractivity (Wildman–Crippen MR) is 83.5 cm³/mol. The number of aromatic hydroxyl groups is 1. The molecule has 4 heteroatoms. The van der Waals surface area contributed by atoms with Crippen molar-refractivity contribution >= 4 is 0 Å². The number of aryl methyl sites for hydroxylation is 2. The summed E-state index contributed by atoms with van der Waals surface area (Å²) in [5, 5.41) is 18.0. The molecule has 0 fully saturated rings. The number of hydrogen-bond acceptors (Lipinski definition) is 3. The monoisotopic (exact) mass is 285 g/mol. The standard InChI is InChI=1S/C17H23N3O/c1-11-4-5-15(21)17-14(10-12(2)16(11)17)18-8-6-13-7-9-19-20(13)3/h4-5,7,9,12,14,18,21H,6,8,10H2,1-3H3. The van der Waals surface area contributed by atoms with Crippen LogP contribution < -0.4 is 5.32 Å². The Morgan fingerprint density at radius 1 is 1.33 bits per heavy atom. The van der Waals surface area contributed by atoms with Gasteiger partial charge in [0.1, 0.15) is 5.75 Å². The Kier molecular flexibility index (Phi) is 3.72. The molecule has 0 radical (unpaired) electrons. The van der Waals surface area contributed by atoms with Crippen LogP contribution in [-0.2, 0) is 13.5 Å². The van der Waals surface area contributed by atoms with E-state index in [0.29, 0.717) is 11.7 Å². The van der Waals surface area contributed by atoms with Gasteiger partial charge in [-0.3, -0.25) is 4.68 Å². The zero-order chi connectivity index (χ0) is 15.0. The second-order valence-electron chi connectivity index (χ2n) is 6.07. The molecule has 1 aliphatic carbocycles. The number of nitrogens with zero attached hydrogens (tertiary/aromatic N) is 2. The number of benzene rings is 1. The molecule has 21 heavy (non-hydrogen) atoms. The maximum Gasteiger partial charge on any atom is 0.120 e. The van der Waals surface area contributed by atoms with Crippen LogP contribution in [0.4, 0.5) is 0 Å². The highest BCUT2D eigenvalue weighted by atomic mass is 16.3. The Morgan fingerprint density at radius 3 is 2.86 bits per heavy atom. The molecule has 1 aromatic heterocycles. The summed E-state index contributed by atoms with van der Waals surface area (Å²) < 4.78 is 1.91. The quantitative estimate of drug-likeness (QED) is 0.908. The molecule has 2 atom stereocenters. The van der Waals surface area contributed by atoms with Crippen molar-refractivity contribution in [1.82, 2.24) is 15.1 Å². The fraction of sp³-hybridized carbons (Fsp3) is 0.471. The zero-order valence-electron chi connectivity index (χ0n) is 12.9. The average Bonchev–Trinajstić information content (AvgIpc) is 3.00. The van der Waals surface area contributed by atoms with Gasteiger partial charge in [-0.1, -0.05) is 13.0 Å². The fourth-order valence-corrected chi connectivity index (χ4v) is 3.55. The molecule has 0 spiro atoms. The number of phenolic OH excluding ortho intramolecular Hbond substituents is 1. The normalized spacial score (nSPS) is 20.7. The highest BCUT2D eigenvalue weighted by Gasteiger charge is 2.31. The number of fused-ring (bicyclic) bond motifs is 1. The summed E-state index contributed by atoms with van der Waals surface area (Å²) in [4.78, 5) is 0. The van der Waals surface area contributed by atoms with Gasteiger partial charge in [0.2, 0.25) is 0 Å². The van der Waals surface area contributed by atoms with Gasteiger partial charge in [-0.25, -0.2) is 0 Å². The van der Waals surface area contributed by atoms with E-state index in [0.717, 1.165) is 24.9 Å². The number of hydrogen-bond donors (Lipinski definition) is 2. The van der Waals surface area contributed by atoms with Crippen molar-refractivity contribution in [3.63, 3.8) is 0 Å². The average molecular weight is 285 g/mol. The Morgan fingerprint density at radius 2 is 2.14 bits per heavy atom. The molecule has 0 bridgehead atoms. The van der Waals surface area contributed by atoms with Crippen LogP contribution >= 0.6 is 0 Å². The van der Waals surface area contributed by atoms with E-state index in [1.807, 2.05) is 30.1 Å². The second kappa shape index (κ2) is 5.53. The van der Waals surface area contributed by atoms with Gasteiger partial charge >= 0.3 is 0 Å². The van der Waals surface area contributed by atoms with Crippen molar-refractivity contribution in [2.45, 2.75) is 38.6 Å². The number of phenols is 1. The van der Waals surface area contributed by atoms with Gasteiger partial charge in [-0.15, -0.1) is 0 Å². The van der Waals surface area contributed by atoms with Gasteiger partial charge in [0, 0.05) is 43.5 Å². The van der Waals surface area contributed by atoms with Crippen molar-refractivity contribution in [3.05, 3.63) is 46.8 Å². The van der Waals surface area contributed by atoms with Gasteiger partial charge in [0.15, 0.2) is 0 Å². The SMILES string of the molecule is Cc1ccc(O)c2c1C(C)CC2NCCc1ccnn1C. The first-order valence-electron chi connectivity index (χ1n) is 7.60. The molecule has 2 unspecified atom stereocenters. The summed E-state index contributed by atoms with van der Waals surface area (Å²) in [6, 6.07) is 6.14. The van der Waals surface area contributed by atoms with E-state index in [4.69, 9.17) is 0 Å². The largest absolute Gasteiger partial charge is 0.508 e. The van der Waals surface area contributed by atoms with E-state index < -0.39 is 0 Å². The molecule has 4 nitrogen and oxygen atoms in total. The third-order valence-corrected chi connectivity index (χ3v) is 4.61. The van der Waals surface area contributed by atoms with Crippen LogP contribution in [0.15, 0.2) is 24.4 Å². The van der Waals surface area contributed by atoms with Gasteiger partial charge in [0.25, 0.3) is 0 Å². The third kappa shape index (κ3) is 2.56. The number of nitrogens with one attached hydrogen (secondary N) is 1. The van der Waals surface area contributed by atoms with Crippen LogP contribution in [0, 0.1) is 6.92 Å². The first kappa shape index (κ1) is 14.1. The Hall–Kier alpha value is -1.81. The lowest BCUT2D eigenvalue weighted by Crippen LogP contribution is -2.22. The topological polar surface area (TPSA) is 50.1 Å². The minimum absolute atomic E-state index is 0.253. The summed E-state index contributed by atoms with van der Waals surface area (Å²) in [5.41, 5.74) is 4.94. The minimum atomic E-state index is 0.253. The first-order chi connectivity index (χ1) is 10.1. The van der Waals surface area contributed by atoms with Crippen LogP contribution in [0.25, 0.3) is 0 Å².